The minimum Gasteiger partial charge on any atom is -0.375 e. The predicted octanol–water partition coefficient (Wildman–Crippen LogP) is 2.92. The summed E-state index contributed by atoms with van der Waals surface area (Å²) < 4.78 is 19.1. The minimum absolute atomic E-state index is 0.102. The molecule has 2 amide bonds. The van der Waals surface area contributed by atoms with E-state index >= 15 is 0 Å². The van der Waals surface area contributed by atoms with Crippen molar-refractivity contribution < 1.29 is 18.7 Å². The van der Waals surface area contributed by atoms with Crippen LogP contribution in [0.15, 0.2) is 53.6 Å². The van der Waals surface area contributed by atoms with Crippen molar-refractivity contribution >= 4 is 17.5 Å². The Morgan fingerprint density at radius 1 is 1.21 bits per heavy atom. The molecule has 0 saturated carbocycles. The van der Waals surface area contributed by atoms with Crippen LogP contribution in [0.2, 0.25) is 0 Å². The molecule has 1 aliphatic rings. The van der Waals surface area contributed by atoms with Crippen molar-refractivity contribution in [2.45, 2.75) is 19.4 Å². The van der Waals surface area contributed by atoms with Gasteiger partial charge < -0.3 is 9.64 Å². The molecule has 0 bridgehead atoms. The highest BCUT2D eigenvalue weighted by molar-refractivity contribution is 6.03. The molecule has 1 unspecified atom stereocenters. The van der Waals surface area contributed by atoms with Gasteiger partial charge in [-0.2, -0.15) is 5.10 Å². The highest BCUT2D eigenvalue weighted by Gasteiger charge is 2.34. The van der Waals surface area contributed by atoms with Crippen LogP contribution in [0, 0.1) is 12.7 Å². The molecule has 0 spiro atoms. The molecule has 0 N–H and O–H groups in total. The second-order valence-electron chi connectivity index (χ2n) is 7.08. The van der Waals surface area contributed by atoms with Gasteiger partial charge in [0, 0.05) is 26.1 Å². The molecule has 3 rings (SSSR count). The van der Waals surface area contributed by atoms with Gasteiger partial charge in [0.05, 0.1) is 11.8 Å². The number of rotatable bonds is 6. The maximum Gasteiger partial charge on any atom is 0.262 e. The number of nitrogens with zero attached hydrogens (tertiary/aromatic N) is 3. The third-order valence-corrected chi connectivity index (χ3v) is 4.88. The summed E-state index contributed by atoms with van der Waals surface area (Å²) in [4.78, 5) is 26.2. The topological polar surface area (TPSA) is 62.2 Å². The normalized spacial score (nSPS) is 15.9. The molecular weight excluding hydrogens is 373 g/mol. The molecule has 0 aliphatic carbocycles. The monoisotopic (exact) mass is 397 g/mol. The maximum atomic E-state index is 14.3. The Balaban J connectivity index is 1.89. The molecule has 7 heteroatoms. The van der Waals surface area contributed by atoms with E-state index in [4.69, 9.17) is 4.74 Å². The van der Waals surface area contributed by atoms with E-state index in [0.29, 0.717) is 17.7 Å². The molecule has 1 heterocycles. The number of ether oxygens (including phenoxy) is 1. The quantitative estimate of drug-likeness (QED) is 0.753. The molecular formula is C22H24FN3O3. The zero-order valence-electron chi connectivity index (χ0n) is 16.8. The fraction of sp³-hybridized carbons (Fsp3) is 0.318. The molecule has 0 fully saturated rings. The summed E-state index contributed by atoms with van der Waals surface area (Å²) >= 11 is 0. The number of hydrazone groups is 1. The highest BCUT2D eigenvalue weighted by atomic mass is 19.1. The average Bonchev–Trinajstić information content (AvgIpc) is 3.14. The van der Waals surface area contributed by atoms with Gasteiger partial charge in [-0.25, -0.2) is 9.40 Å². The molecule has 0 saturated heterocycles. The van der Waals surface area contributed by atoms with Crippen molar-refractivity contribution in [1.29, 1.82) is 0 Å². The maximum absolute atomic E-state index is 14.3. The van der Waals surface area contributed by atoms with E-state index < -0.39 is 0 Å². The van der Waals surface area contributed by atoms with E-state index in [1.807, 2.05) is 31.2 Å². The van der Waals surface area contributed by atoms with Crippen molar-refractivity contribution in [2.24, 2.45) is 5.10 Å². The van der Waals surface area contributed by atoms with Crippen molar-refractivity contribution in [3.63, 3.8) is 0 Å². The van der Waals surface area contributed by atoms with Crippen LogP contribution >= 0.6 is 0 Å². The Morgan fingerprint density at radius 2 is 1.90 bits per heavy atom. The summed E-state index contributed by atoms with van der Waals surface area (Å²) in [6.07, 6.45) is 0.394. The van der Waals surface area contributed by atoms with E-state index in [0.717, 1.165) is 11.1 Å². The smallest absolute Gasteiger partial charge is 0.262 e. The highest BCUT2D eigenvalue weighted by Crippen LogP contribution is 2.33. The first-order valence-electron chi connectivity index (χ1n) is 9.34. The van der Waals surface area contributed by atoms with E-state index in [2.05, 4.69) is 5.10 Å². The number of carbonyl (C=O) groups is 2. The number of hydrogen-bond donors (Lipinski definition) is 0. The van der Waals surface area contributed by atoms with Crippen LogP contribution in [0.25, 0.3) is 0 Å². The first-order chi connectivity index (χ1) is 13.9. The third kappa shape index (κ3) is 4.68. The fourth-order valence-electron chi connectivity index (χ4n) is 3.24. The first-order valence-corrected chi connectivity index (χ1v) is 9.34. The summed E-state index contributed by atoms with van der Waals surface area (Å²) in [5, 5.41) is 5.81. The van der Waals surface area contributed by atoms with Crippen LogP contribution in [0.3, 0.4) is 0 Å². The van der Waals surface area contributed by atoms with Crippen LogP contribution in [-0.4, -0.2) is 54.7 Å². The molecule has 2 aromatic carbocycles. The Hall–Kier alpha value is -3.06. The minimum atomic E-state index is -0.379. The number of hydrogen-bond acceptors (Lipinski definition) is 4. The van der Waals surface area contributed by atoms with E-state index in [1.54, 1.807) is 18.2 Å². The average molecular weight is 397 g/mol. The summed E-state index contributed by atoms with van der Waals surface area (Å²) in [5.41, 5.74) is 2.89. The molecule has 0 aromatic heterocycles. The van der Waals surface area contributed by atoms with Gasteiger partial charge in [0.25, 0.3) is 5.91 Å². The van der Waals surface area contributed by atoms with Gasteiger partial charge in [0.2, 0.25) is 5.91 Å². The Labute approximate surface area is 169 Å². The van der Waals surface area contributed by atoms with Gasteiger partial charge in [-0.05, 0) is 18.6 Å². The molecule has 6 nitrogen and oxygen atoms in total. The number of aryl methyl sites for hydroxylation is 1. The first kappa shape index (κ1) is 20.7. The summed E-state index contributed by atoms with van der Waals surface area (Å²) in [7, 11) is 2.96. The third-order valence-electron chi connectivity index (χ3n) is 4.88. The lowest BCUT2D eigenvalue weighted by atomic mass is 9.97. The second-order valence-corrected chi connectivity index (χ2v) is 7.08. The van der Waals surface area contributed by atoms with Gasteiger partial charge in [0.15, 0.2) is 0 Å². The Bertz CT molecular complexity index is 927. The number of carbonyl (C=O) groups excluding carboxylic acids is 2. The number of benzene rings is 2. The zero-order chi connectivity index (χ0) is 21.0. The van der Waals surface area contributed by atoms with E-state index in [9.17, 15) is 14.0 Å². The molecule has 152 valence electrons. The Kier molecular flexibility index (Phi) is 6.39. The lowest BCUT2D eigenvalue weighted by Crippen LogP contribution is -2.40. The van der Waals surface area contributed by atoms with Gasteiger partial charge in [-0.3, -0.25) is 9.59 Å². The van der Waals surface area contributed by atoms with Gasteiger partial charge >= 0.3 is 0 Å². The lowest BCUT2D eigenvalue weighted by Gasteiger charge is -2.25. The number of amides is 2. The standard InChI is InChI=1S/C22H24FN3O3/c1-15-8-10-16(11-9-15)20-12-19(17-6-4-5-7-18(17)23)24-26(20)21(27)13-25(2)22(28)14-29-3/h4-11,20H,12-14H2,1-3H3. The molecule has 1 aliphatic heterocycles. The van der Waals surface area contributed by atoms with Gasteiger partial charge in [-0.15, -0.1) is 0 Å². The van der Waals surface area contributed by atoms with Crippen LogP contribution < -0.4 is 0 Å². The van der Waals surface area contributed by atoms with Crippen LogP contribution in [-0.2, 0) is 14.3 Å². The van der Waals surface area contributed by atoms with Gasteiger partial charge in [0.1, 0.15) is 19.0 Å². The van der Waals surface area contributed by atoms with Crippen LogP contribution in [0.1, 0.15) is 29.2 Å². The van der Waals surface area contributed by atoms with Crippen molar-refractivity contribution in [3.8, 4) is 0 Å². The lowest BCUT2D eigenvalue weighted by molar-refractivity contribution is -0.142. The summed E-state index contributed by atoms with van der Waals surface area (Å²) in [6, 6.07) is 13.8. The SMILES string of the molecule is COCC(=O)N(C)CC(=O)N1N=C(c2ccccc2F)CC1c1ccc(C)cc1. The molecule has 2 aromatic rings. The zero-order valence-corrected chi connectivity index (χ0v) is 16.8. The van der Waals surface area contributed by atoms with Gasteiger partial charge in [-0.1, -0.05) is 48.0 Å². The fourth-order valence-corrected chi connectivity index (χ4v) is 3.24. The van der Waals surface area contributed by atoms with E-state index in [-0.39, 0.29) is 36.8 Å². The Morgan fingerprint density at radius 3 is 2.55 bits per heavy atom. The number of likely N-dealkylation sites (N-methyl/N-ethyl adjacent to an activating group) is 1. The number of halogens is 1. The second kappa shape index (κ2) is 8.96. The van der Waals surface area contributed by atoms with Crippen molar-refractivity contribution in [3.05, 3.63) is 71.0 Å². The van der Waals surface area contributed by atoms with Crippen molar-refractivity contribution in [2.75, 3.05) is 27.3 Å². The molecule has 0 radical (unpaired) electrons. The summed E-state index contributed by atoms with van der Waals surface area (Å²) in [5.74, 6) is -1.02. The van der Waals surface area contributed by atoms with Crippen LogP contribution in [0.4, 0.5) is 4.39 Å². The van der Waals surface area contributed by atoms with Crippen molar-refractivity contribution in [1.82, 2.24) is 9.91 Å². The number of methoxy groups -OCH3 is 1. The predicted molar refractivity (Wildman–Crippen MR) is 108 cm³/mol. The molecule has 1 atom stereocenters. The molecule has 29 heavy (non-hydrogen) atoms. The van der Waals surface area contributed by atoms with Crippen LogP contribution in [0.5, 0.6) is 0 Å². The van der Waals surface area contributed by atoms with E-state index in [1.165, 1.54) is 30.1 Å². The summed E-state index contributed by atoms with van der Waals surface area (Å²) in [6.45, 7) is 1.74. The largest absolute Gasteiger partial charge is 0.375 e.